The number of fused-ring (bicyclic) bond motifs is 1. The molecule has 0 N–H and O–H groups in total. The van der Waals surface area contributed by atoms with Crippen LogP contribution in [0.3, 0.4) is 0 Å². The van der Waals surface area contributed by atoms with Crippen molar-refractivity contribution in [2.45, 2.75) is 43.4 Å². The fraction of sp³-hybridized carbons (Fsp3) is 0.421. The molecule has 3 heterocycles. The summed E-state index contributed by atoms with van der Waals surface area (Å²) in [5, 5.41) is 14.4. The number of hydrogen-bond acceptors (Lipinski definition) is 6. The monoisotopic (exact) mass is 466 g/mol. The third kappa shape index (κ3) is 3.55. The first kappa shape index (κ1) is 21.4. The third-order valence-electron chi connectivity index (χ3n) is 5.18. The molecule has 1 aliphatic heterocycles. The highest BCUT2D eigenvalue weighted by atomic mass is 35.5. The minimum atomic E-state index is -3.73. The maximum Gasteiger partial charge on any atom is 0.244 e. The third-order valence-corrected chi connectivity index (χ3v) is 8.37. The molecule has 0 fully saturated rings. The average molecular weight is 467 g/mol. The zero-order chi connectivity index (χ0) is 21.5. The van der Waals surface area contributed by atoms with Crippen molar-refractivity contribution in [2.24, 2.45) is 7.05 Å². The lowest BCUT2D eigenvalue weighted by molar-refractivity contribution is 0.386. The van der Waals surface area contributed by atoms with Crippen LogP contribution in [0.1, 0.15) is 25.1 Å². The van der Waals surface area contributed by atoms with Crippen molar-refractivity contribution >= 4 is 33.4 Å². The van der Waals surface area contributed by atoms with E-state index in [0.29, 0.717) is 31.0 Å². The molecule has 1 aliphatic rings. The molecule has 0 bridgehead atoms. The van der Waals surface area contributed by atoms with Crippen LogP contribution in [0.25, 0.3) is 11.5 Å². The molecule has 0 aliphatic carbocycles. The summed E-state index contributed by atoms with van der Waals surface area (Å²) >= 11 is 7.81. The first-order chi connectivity index (χ1) is 14.4. The number of rotatable bonds is 6. The van der Waals surface area contributed by atoms with Gasteiger partial charge in [-0.3, -0.25) is 4.68 Å². The molecule has 0 spiro atoms. The second kappa shape index (κ2) is 8.33. The van der Waals surface area contributed by atoms with E-state index in [1.807, 2.05) is 23.2 Å². The zero-order valence-electron chi connectivity index (χ0n) is 17.0. The normalized spacial score (nSPS) is 14.8. The summed E-state index contributed by atoms with van der Waals surface area (Å²) in [6.45, 7) is 5.41. The molecule has 160 valence electrons. The molecule has 30 heavy (non-hydrogen) atoms. The summed E-state index contributed by atoms with van der Waals surface area (Å²) in [6, 6.07) is 6.54. The van der Waals surface area contributed by atoms with E-state index in [0.717, 1.165) is 22.2 Å². The molecule has 8 nitrogen and oxygen atoms in total. The Balaban J connectivity index is 1.76. The number of thioether (sulfide) groups is 1. The molecule has 2 aromatic heterocycles. The van der Waals surface area contributed by atoms with E-state index in [1.54, 1.807) is 36.0 Å². The van der Waals surface area contributed by atoms with Gasteiger partial charge < -0.3 is 4.57 Å². The predicted molar refractivity (Wildman–Crippen MR) is 117 cm³/mol. The fourth-order valence-electron chi connectivity index (χ4n) is 3.73. The van der Waals surface area contributed by atoms with E-state index in [9.17, 15) is 8.42 Å². The molecule has 0 unspecified atom stereocenters. The summed E-state index contributed by atoms with van der Waals surface area (Å²) in [7, 11) is -1.84. The summed E-state index contributed by atoms with van der Waals surface area (Å²) in [5.74, 6) is 1.56. The second-order valence-electron chi connectivity index (χ2n) is 6.90. The van der Waals surface area contributed by atoms with Crippen LogP contribution >= 0.6 is 23.4 Å². The van der Waals surface area contributed by atoms with E-state index < -0.39 is 10.0 Å². The zero-order valence-corrected chi connectivity index (χ0v) is 19.4. The maximum absolute atomic E-state index is 13.3. The Kier molecular flexibility index (Phi) is 5.93. The summed E-state index contributed by atoms with van der Waals surface area (Å²) in [6.07, 6.45) is 0.569. The van der Waals surface area contributed by atoms with Crippen molar-refractivity contribution in [1.29, 1.82) is 0 Å². The van der Waals surface area contributed by atoms with E-state index in [1.165, 1.54) is 4.31 Å². The van der Waals surface area contributed by atoms with Gasteiger partial charge in [0.05, 0.1) is 5.02 Å². The van der Waals surface area contributed by atoms with Crippen LogP contribution < -0.4 is 0 Å². The number of aromatic nitrogens is 5. The van der Waals surface area contributed by atoms with Crippen LogP contribution in [-0.4, -0.2) is 49.6 Å². The summed E-state index contributed by atoms with van der Waals surface area (Å²) < 4.78 is 31.8. The van der Waals surface area contributed by atoms with Crippen LogP contribution in [-0.2, 0) is 36.6 Å². The molecule has 0 atom stereocenters. The van der Waals surface area contributed by atoms with Gasteiger partial charge in [-0.25, -0.2) is 8.42 Å². The Hall–Kier alpha value is -1.88. The largest absolute Gasteiger partial charge is 0.301 e. The number of sulfonamides is 1. The first-order valence-electron chi connectivity index (χ1n) is 9.74. The molecule has 4 rings (SSSR count). The van der Waals surface area contributed by atoms with Crippen molar-refractivity contribution in [3.63, 3.8) is 0 Å². The minimum absolute atomic E-state index is 0.124. The highest BCUT2D eigenvalue weighted by molar-refractivity contribution is 7.99. The van der Waals surface area contributed by atoms with Crippen LogP contribution in [0.15, 0.2) is 34.3 Å². The second-order valence-corrected chi connectivity index (χ2v) is 10.4. The van der Waals surface area contributed by atoms with Gasteiger partial charge in [-0.1, -0.05) is 42.4 Å². The molecule has 3 aromatic rings. The Morgan fingerprint density at radius 3 is 2.67 bits per heavy atom. The summed E-state index contributed by atoms with van der Waals surface area (Å²) in [4.78, 5) is 0.124. The quantitative estimate of drug-likeness (QED) is 0.518. The molecule has 0 saturated carbocycles. The van der Waals surface area contributed by atoms with Crippen LogP contribution in [0.4, 0.5) is 0 Å². The van der Waals surface area contributed by atoms with Crippen LogP contribution in [0, 0.1) is 0 Å². The number of benzene rings is 1. The number of aryl methyl sites for hydroxylation is 1. The van der Waals surface area contributed by atoms with Gasteiger partial charge in [0.2, 0.25) is 10.0 Å². The molecule has 11 heteroatoms. The minimum Gasteiger partial charge on any atom is -0.301 e. The Labute approximate surface area is 185 Å². The number of halogens is 1. The van der Waals surface area contributed by atoms with Gasteiger partial charge >= 0.3 is 0 Å². The first-order valence-corrected chi connectivity index (χ1v) is 12.5. The molecule has 0 amide bonds. The van der Waals surface area contributed by atoms with E-state index in [-0.39, 0.29) is 16.5 Å². The van der Waals surface area contributed by atoms with Gasteiger partial charge in [0.15, 0.2) is 11.0 Å². The highest BCUT2D eigenvalue weighted by Gasteiger charge is 2.34. The van der Waals surface area contributed by atoms with Crippen molar-refractivity contribution in [3.05, 3.63) is 40.5 Å². The standard InChI is InChI=1S/C19H23ClN6O2S2/c1-4-26-18(21-22-19(26)29-5-2)17-13-12-25(11-10-15(13)24(3)23-17)30(27,28)16-9-7-6-8-14(16)20/h6-9H,4-5,10-12H2,1-3H3. The van der Waals surface area contributed by atoms with E-state index in [4.69, 9.17) is 11.6 Å². The molecular weight excluding hydrogens is 444 g/mol. The Morgan fingerprint density at radius 2 is 1.97 bits per heavy atom. The van der Waals surface area contributed by atoms with Crippen molar-refractivity contribution in [3.8, 4) is 11.5 Å². The lowest BCUT2D eigenvalue weighted by Crippen LogP contribution is -2.36. The van der Waals surface area contributed by atoms with E-state index in [2.05, 4.69) is 22.2 Å². The van der Waals surface area contributed by atoms with Gasteiger partial charge in [0.25, 0.3) is 0 Å². The Morgan fingerprint density at radius 1 is 1.20 bits per heavy atom. The molecule has 1 aromatic carbocycles. The van der Waals surface area contributed by atoms with Gasteiger partial charge in [0.1, 0.15) is 10.6 Å². The van der Waals surface area contributed by atoms with Crippen LogP contribution in [0.5, 0.6) is 0 Å². The van der Waals surface area contributed by atoms with Gasteiger partial charge in [-0.15, -0.1) is 10.2 Å². The summed E-state index contributed by atoms with van der Waals surface area (Å²) in [5.41, 5.74) is 2.57. The van der Waals surface area contributed by atoms with Gasteiger partial charge in [0, 0.05) is 44.4 Å². The topological polar surface area (TPSA) is 85.9 Å². The number of nitrogens with zero attached hydrogens (tertiary/aromatic N) is 6. The van der Waals surface area contributed by atoms with Gasteiger partial charge in [-0.2, -0.15) is 9.40 Å². The maximum atomic E-state index is 13.3. The molecule has 0 radical (unpaired) electrons. The highest BCUT2D eigenvalue weighted by Crippen LogP contribution is 2.34. The van der Waals surface area contributed by atoms with Crippen molar-refractivity contribution in [2.75, 3.05) is 12.3 Å². The predicted octanol–water partition coefficient (Wildman–Crippen LogP) is 3.21. The molecular formula is C19H23ClN6O2S2. The van der Waals surface area contributed by atoms with Gasteiger partial charge in [-0.05, 0) is 24.8 Å². The number of hydrogen-bond donors (Lipinski definition) is 0. The van der Waals surface area contributed by atoms with Crippen LogP contribution in [0.2, 0.25) is 5.02 Å². The SMILES string of the molecule is CCSc1nnc(-c2nn(C)c3c2CN(S(=O)(=O)c2ccccc2Cl)CC3)n1CC. The fourth-order valence-corrected chi connectivity index (χ4v) is 6.36. The smallest absolute Gasteiger partial charge is 0.244 e. The van der Waals surface area contributed by atoms with Crippen molar-refractivity contribution < 1.29 is 8.42 Å². The lowest BCUT2D eigenvalue weighted by atomic mass is 10.1. The lowest BCUT2D eigenvalue weighted by Gasteiger charge is -2.27. The average Bonchev–Trinajstić information content (AvgIpc) is 3.28. The Bertz CT molecular complexity index is 1190. The molecule has 0 saturated heterocycles. The van der Waals surface area contributed by atoms with E-state index >= 15 is 0 Å². The van der Waals surface area contributed by atoms with Crippen molar-refractivity contribution in [1.82, 2.24) is 28.9 Å².